The van der Waals surface area contributed by atoms with Crippen LogP contribution in [0.3, 0.4) is 0 Å². The summed E-state index contributed by atoms with van der Waals surface area (Å²) in [5, 5.41) is 2.49. The van der Waals surface area contributed by atoms with Gasteiger partial charge in [0.25, 0.3) is 0 Å². The molecule has 15 heavy (non-hydrogen) atoms. The summed E-state index contributed by atoms with van der Waals surface area (Å²) in [6, 6.07) is 1.80. The van der Waals surface area contributed by atoms with Gasteiger partial charge in [-0.25, -0.2) is 0 Å². The van der Waals surface area contributed by atoms with E-state index >= 15 is 0 Å². The lowest BCUT2D eigenvalue weighted by molar-refractivity contribution is 0.0909. The summed E-state index contributed by atoms with van der Waals surface area (Å²) in [6.07, 6.45) is 4.06. The van der Waals surface area contributed by atoms with Gasteiger partial charge >= 0.3 is 0 Å². The van der Waals surface area contributed by atoms with Crippen molar-refractivity contribution in [1.82, 2.24) is 0 Å². The first-order chi connectivity index (χ1) is 7.20. The minimum absolute atomic E-state index is 0.163. The predicted molar refractivity (Wildman–Crippen MR) is 67.0 cm³/mol. The van der Waals surface area contributed by atoms with E-state index in [9.17, 15) is 4.79 Å². The largest absolute Gasteiger partial charge is 0.293 e. The van der Waals surface area contributed by atoms with E-state index in [2.05, 4.69) is 13.8 Å². The predicted octanol–water partition coefficient (Wildman–Crippen LogP) is 4.80. The zero-order valence-electron chi connectivity index (χ0n) is 9.25. The second-order valence-electron chi connectivity index (χ2n) is 3.74. The molecular weight excluding hydrogens is 228 g/mol. The highest BCUT2D eigenvalue weighted by Gasteiger charge is 2.21. The number of thiophene rings is 1. The molecule has 0 radical (unpaired) electrons. The highest BCUT2D eigenvalue weighted by atomic mass is 35.5. The van der Waals surface area contributed by atoms with Gasteiger partial charge in [-0.3, -0.25) is 4.79 Å². The second-order valence-corrected chi connectivity index (χ2v) is 5.06. The third kappa shape index (κ3) is 3.32. The van der Waals surface area contributed by atoms with Crippen LogP contribution in [0.25, 0.3) is 0 Å². The van der Waals surface area contributed by atoms with Crippen LogP contribution in [0.4, 0.5) is 0 Å². The zero-order valence-corrected chi connectivity index (χ0v) is 10.8. The Balaban J connectivity index is 2.76. The van der Waals surface area contributed by atoms with Crippen molar-refractivity contribution in [2.45, 2.75) is 39.5 Å². The topological polar surface area (TPSA) is 17.1 Å². The molecule has 0 atom stereocenters. The molecule has 1 aromatic heterocycles. The average Bonchev–Trinajstić information content (AvgIpc) is 2.63. The van der Waals surface area contributed by atoms with E-state index in [1.807, 2.05) is 5.38 Å². The molecule has 1 aromatic rings. The molecule has 0 spiro atoms. The molecule has 1 rings (SSSR count). The molecule has 0 bridgehead atoms. The van der Waals surface area contributed by atoms with Gasteiger partial charge in [-0.1, -0.05) is 38.3 Å². The second kappa shape index (κ2) is 6.29. The lowest BCUT2D eigenvalue weighted by atomic mass is 9.93. The molecule has 0 aliphatic carbocycles. The summed E-state index contributed by atoms with van der Waals surface area (Å²) in [7, 11) is 0. The maximum atomic E-state index is 12.1. The maximum Gasteiger partial charge on any atom is 0.177 e. The number of Topliss-reactive ketones (excluding diaryl/α,β-unsaturated/α-hetero) is 1. The van der Waals surface area contributed by atoms with Crippen LogP contribution in [-0.2, 0) is 0 Å². The van der Waals surface area contributed by atoms with Crippen molar-refractivity contribution in [3.63, 3.8) is 0 Å². The number of hydrogen-bond acceptors (Lipinski definition) is 2. The van der Waals surface area contributed by atoms with Crippen molar-refractivity contribution < 1.29 is 4.79 Å². The molecule has 1 nitrogen and oxygen atoms in total. The third-order valence-corrected chi connectivity index (χ3v) is 3.84. The lowest BCUT2D eigenvalue weighted by Crippen LogP contribution is -2.13. The Kier molecular flexibility index (Phi) is 5.34. The molecule has 0 saturated heterocycles. The van der Waals surface area contributed by atoms with Crippen LogP contribution in [0, 0.1) is 5.92 Å². The van der Waals surface area contributed by atoms with Crippen molar-refractivity contribution in [3.8, 4) is 0 Å². The van der Waals surface area contributed by atoms with Crippen molar-refractivity contribution in [3.05, 3.63) is 21.3 Å². The van der Waals surface area contributed by atoms with Gasteiger partial charge in [0.15, 0.2) is 5.78 Å². The van der Waals surface area contributed by atoms with Gasteiger partial charge in [0.1, 0.15) is 0 Å². The summed E-state index contributed by atoms with van der Waals surface area (Å²) >= 11 is 7.42. The van der Waals surface area contributed by atoms with Gasteiger partial charge in [0.2, 0.25) is 0 Å². The lowest BCUT2D eigenvalue weighted by Gasteiger charge is -2.12. The van der Waals surface area contributed by atoms with Crippen LogP contribution in [0.5, 0.6) is 0 Å². The van der Waals surface area contributed by atoms with Crippen LogP contribution in [0.2, 0.25) is 5.02 Å². The Morgan fingerprint density at radius 1 is 1.40 bits per heavy atom. The van der Waals surface area contributed by atoms with E-state index in [0.29, 0.717) is 5.02 Å². The normalized spacial score (nSPS) is 10.9. The molecule has 0 fully saturated rings. The molecule has 0 aromatic carbocycles. The Bertz CT molecular complexity index is 313. The van der Waals surface area contributed by atoms with E-state index in [1.54, 1.807) is 6.07 Å². The van der Waals surface area contributed by atoms with Crippen molar-refractivity contribution >= 4 is 28.7 Å². The SMILES string of the molecule is CCCC(CCC)C(=O)c1sccc1Cl. The first kappa shape index (κ1) is 12.7. The highest BCUT2D eigenvalue weighted by Crippen LogP contribution is 2.28. The maximum absolute atomic E-state index is 12.1. The Morgan fingerprint density at radius 3 is 2.40 bits per heavy atom. The van der Waals surface area contributed by atoms with Crippen LogP contribution >= 0.6 is 22.9 Å². The third-order valence-electron chi connectivity index (χ3n) is 2.49. The number of carbonyl (C=O) groups excluding carboxylic acids is 1. The van der Waals surface area contributed by atoms with E-state index in [1.165, 1.54) is 11.3 Å². The van der Waals surface area contributed by atoms with Crippen molar-refractivity contribution in [2.75, 3.05) is 0 Å². The number of carbonyl (C=O) groups is 1. The fraction of sp³-hybridized carbons (Fsp3) is 0.583. The molecule has 0 aliphatic rings. The molecule has 84 valence electrons. The fourth-order valence-corrected chi connectivity index (χ4v) is 2.93. The standard InChI is InChI=1S/C12H17ClOS/c1-3-5-9(6-4-2)11(14)12-10(13)7-8-15-12/h7-9H,3-6H2,1-2H3. The number of hydrogen-bond donors (Lipinski definition) is 0. The van der Waals surface area contributed by atoms with Gasteiger partial charge in [-0.05, 0) is 24.3 Å². The van der Waals surface area contributed by atoms with Gasteiger partial charge in [-0.2, -0.15) is 0 Å². The van der Waals surface area contributed by atoms with Crippen molar-refractivity contribution in [1.29, 1.82) is 0 Å². The average molecular weight is 245 g/mol. The summed E-state index contributed by atoms with van der Waals surface area (Å²) < 4.78 is 0. The Morgan fingerprint density at radius 2 is 2.00 bits per heavy atom. The molecular formula is C12H17ClOS. The van der Waals surface area contributed by atoms with Crippen LogP contribution in [-0.4, -0.2) is 5.78 Å². The van der Waals surface area contributed by atoms with Gasteiger partial charge in [0.05, 0.1) is 9.90 Å². The monoisotopic (exact) mass is 244 g/mol. The number of rotatable bonds is 6. The minimum Gasteiger partial charge on any atom is -0.293 e. The molecule has 0 aliphatic heterocycles. The molecule has 0 saturated carbocycles. The van der Waals surface area contributed by atoms with E-state index in [-0.39, 0.29) is 11.7 Å². The van der Waals surface area contributed by atoms with E-state index in [4.69, 9.17) is 11.6 Å². The van der Waals surface area contributed by atoms with Crippen molar-refractivity contribution in [2.24, 2.45) is 5.92 Å². The molecule has 1 heterocycles. The van der Waals surface area contributed by atoms with Gasteiger partial charge in [0, 0.05) is 5.92 Å². The first-order valence-electron chi connectivity index (χ1n) is 5.47. The quantitative estimate of drug-likeness (QED) is 0.657. The van der Waals surface area contributed by atoms with E-state index < -0.39 is 0 Å². The highest BCUT2D eigenvalue weighted by molar-refractivity contribution is 7.12. The molecule has 0 N–H and O–H groups in total. The first-order valence-corrected chi connectivity index (χ1v) is 6.73. The number of halogens is 1. The fourth-order valence-electron chi connectivity index (χ4n) is 1.76. The molecule has 0 amide bonds. The number of ketones is 1. The Labute approximate surface area is 100 Å². The minimum atomic E-state index is 0.163. The summed E-state index contributed by atoms with van der Waals surface area (Å²) in [5.74, 6) is 0.398. The van der Waals surface area contributed by atoms with Gasteiger partial charge in [-0.15, -0.1) is 11.3 Å². The summed E-state index contributed by atoms with van der Waals surface area (Å²) in [4.78, 5) is 12.9. The molecule has 0 unspecified atom stereocenters. The summed E-state index contributed by atoms with van der Waals surface area (Å²) in [5.41, 5.74) is 0. The van der Waals surface area contributed by atoms with E-state index in [0.717, 1.165) is 30.6 Å². The molecule has 3 heteroatoms. The Hall–Kier alpha value is -0.340. The van der Waals surface area contributed by atoms with Crippen LogP contribution in [0.15, 0.2) is 11.4 Å². The van der Waals surface area contributed by atoms with Crippen LogP contribution < -0.4 is 0 Å². The van der Waals surface area contributed by atoms with Crippen LogP contribution in [0.1, 0.15) is 49.2 Å². The van der Waals surface area contributed by atoms with Gasteiger partial charge < -0.3 is 0 Å². The zero-order chi connectivity index (χ0) is 11.3. The summed E-state index contributed by atoms with van der Waals surface area (Å²) in [6.45, 7) is 4.23. The smallest absolute Gasteiger partial charge is 0.177 e.